The zero-order valence-corrected chi connectivity index (χ0v) is 17.7. The largest absolute Gasteiger partial charge is 0.369 e. The molecule has 0 aliphatic carbocycles. The van der Waals surface area contributed by atoms with Crippen LogP contribution in [0.5, 0.6) is 0 Å². The maximum absolute atomic E-state index is 12.8. The summed E-state index contributed by atoms with van der Waals surface area (Å²) in [4.78, 5) is 17.0. The average Bonchev–Trinajstić information content (AvgIpc) is 3.40. The predicted octanol–water partition coefficient (Wildman–Crippen LogP) is 2.34. The summed E-state index contributed by atoms with van der Waals surface area (Å²) >= 11 is 1.60. The first-order chi connectivity index (χ1) is 15.0. The monoisotopic (exact) mass is 446 g/mol. The molecule has 0 unspecified atom stereocenters. The molecule has 1 aromatic carbocycles. The maximum atomic E-state index is 12.8. The Morgan fingerprint density at radius 3 is 2.74 bits per heavy atom. The summed E-state index contributed by atoms with van der Waals surface area (Å²) in [6.07, 6.45) is -0.494. The Labute approximate surface area is 182 Å². The van der Waals surface area contributed by atoms with Gasteiger partial charge in [-0.25, -0.2) is 9.48 Å². The van der Waals surface area contributed by atoms with Gasteiger partial charge in [-0.05, 0) is 29.8 Å². The predicted molar refractivity (Wildman–Crippen MR) is 119 cm³/mol. The van der Waals surface area contributed by atoms with E-state index in [-0.39, 0.29) is 18.7 Å². The van der Waals surface area contributed by atoms with E-state index in [2.05, 4.69) is 39.6 Å². The van der Waals surface area contributed by atoms with E-state index in [4.69, 9.17) is 5.73 Å². The van der Waals surface area contributed by atoms with E-state index >= 15 is 0 Å². The quantitative estimate of drug-likeness (QED) is 0.582. The van der Waals surface area contributed by atoms with Crippen molar-refractivity contribution >= 4 is 17.0 Å². The molecule has 1 fully saturated rings. The van der Waals surface area contributed by atoms with Crippen molar-refractivity contribution in [2.24, 2.45) is 5.73 Å². The molecule has 0 atom stereocenters. The van der Waals surface area contributed by atoms with Crippen molar-refractivity contribution in [2.45, 2.75) is 13.1 Å². The van der Waals surface area contributed by atoms with E-state index in [1.54, 1.807) is 11.3 Å². The molecule has 0 amide bonds. The van der Waals surface area contributed by atoms with Gasteiger partial charge in [0.2, 0.25) is 0 Å². The fraction of sp³-hybridized carbons (Fsp3) is 0.333. The van der Waals surface area contributed by atoms with Crippen molar-refractivity contribution < 1.29 is 8.78 Å². The summed E-state index contributed by atoms with van der Waals surface area (Å²) in [5.74, 6) is 0. The molecule has 1 saturated heterocycles. The van der Waals surface area contributed by atoms with Crippen LogP contribution in [0.2, 0.25) is 0 Å². The van der Waals surface area contributed by atoms with Crippen molar-refractivity contribution in [3.8, 4) is 10.4 Å². The van der Waals surface area contributed by atoms with Gasteiger partial charge in [0.1, 0.15) is 6.33 Å². The van der Waals surface area contributed by atoms with Crippen LogP contribution in [0, 0.1) is 0 Å². The molecule has 4 rings (SSSR count). The second-order valence-electron chi connectivity index (χ2n) is 7.32. The Hall–Kier alpha value is -2.82. The summed E-state index contributed by atoms with van der Waals surface area (Å²) in [5.41, 5.74) is 6.92. The van der Waals surface area contributed by atoms with Gasteiger partial charge in [-0.3, -0.25) is 4.57 Å². The summed E-state index contributed by atoms with van der Waals surface area (Å²) in [7, 11) is 0. The molecule has 3 heterocycles. The highest BCUT2D eigenvalue weighted by Gasteiger charge is 2.14. The average molecular weight is 447 g/mol. The van der Waals surface area contributed by atoms with E-state index in [0.29, 0.717) is 6.54 Å². The number of nitrogens with two attached hydrogens (primary N) is 1. The highest BCUT2D eigenvalue weighted by Crippen LogP contribution is 2.31. The molecular formula is C21H24F2N6OS. The summed E-state index contributed by atoms with van der Waals surface area (Å²) in [6, 6.07) is 12.5. The molecule has 0 spiro atoms. The number of thiophene rings is 1. The summed E-state index contributed by atoms with van der Waals surface area (Å²) in [6.45, 7) is 3.65. The molecule has 164 valence electrons. The Morgan fingerprint density at radius 2 is 2.00 bits per heavy atom. The second kappa shape index (κ2) is 9.54. The molecule has 0 radical (unpaired) electrons. The number of hydrogen-bond acceptors (Lipinski definition) is 6. The van der Waals surface area contributed by atoms with Crippen LogP contribution in [0.25, 0.3) is 10.4 Å². The molecule has 1 aliphatic heterocycles. The smallest absolute Gasteiger partial charge is 0.346 e. The first-order valence-electron chi connectivity index (χ1n) is 10.1. The van der Waals surface area contributed by atoms with Crippen LogP contribution in [-0.2, 0) is 13.1 Å². The number of benzene rings is 1. The third-order valence-corrected chi connectivity index (χ3v) is 6.37. The Balaban J connectivity index is 1.49. The van der Waals surface area contributed by atoms with Crippen LogP contribution < -0.4 is 21.6 Å². The van der Waals surface area contributed by atoms with E-state index < -0.39 is 11.8 Å². The fourth-order valence-electron chi connectivity index (χ4n) is 3.54. The highest BCUT2D eigenvalue weighted by molar-refractivity contribution is 7.15. The Morgan fingerprint density at radius 1 is 1.19 bits per heavy atom. The number of nitrogens with one attached hydrogen (secondary N) is 1. The van der Waals surface area contributed by atoms with Gasteiger partial charge in [0.05, 0.1) is 13.1 Å². The van der Waals surface area contributed by atoms with Crippen LogP contribution in [0.1, 0.15) is 4.88 Å². The van der Waals surface area contributed by atoms with Gasteiger partial charge >= 0.3 is 5.69 Å². The van der Waals surface area contributed by atoms with E-state index in [9.17, 15) is 13.6 Å². The number of hydrogen-bond donors (Lipinski definition) is 2. The standard InChI is InChI=1S/C21H24F2N6OS/c22-20(23)16(11-24)12-29-21(30)28(14-26-29)13-18-4-5-19(31-18)15-2-1-3-17(10-15)27-8-6-25-7-9-27/h1-5,10,14,25H,6-9,11-13,24H2. The van der Waals surface area contributed by atoms with Crippen molar-refractivity contribution in [3.05, 3.63) is 69.7 Å². The maximum Gasteiger partial charge on any atom is 0.346 e. The van der Waals surface area contributed by atoms with Crippen molar-refractivity contribution in [1.29, 1.82) is 0 Å². The van der Waals surface area contributed by atoms with E-state index in [1.165, 1.54) is 16.6 Å². The number of piperazine rings is 1. The van der Waals surface area contributed by atoms with Crippen LogP contribution in [-0.4, -0.2) is 47.1 Å². The molecule has 1 aliphatic rings. The zero-order valence-electron chi connectivity index (χ0n) is 16.9. The minimum Gasteiger partial charge on any atom is -0.369 e. The van der Waals surface area contributed by atoms with Gasteiger partial charge in [0.25, 0.3) is 6.08 Å². The minimum absolute atomic E-state index is 0.296. The molecular weight excluding hydrogens is 422 g/mol. The van der Waals surface area contributed by atoms with E-state index in [1.807, 2.05) is 12.1 Å². The van der Waals surface area contributed by atoms with Gasteiger partial charge in [-0.15, -0.1) is 11.3 Å². The number of anilines is 1. The lowest BCUT2D eigenvalue weighted by atomic mass is 10.1. The minimum atomic E-state index is -1.87. The lowest BCUT2D eigenvalue weighted by Crippen LogP contribution is -2.43. The third kappa shape index (κ3) is 4.92. The number of aromatic nitrogens is 3. The van der Waals surface area contributed by atoms with E-state index in [0.717, 1.165) is 46.2 Å². The Kier molecular flexibility index (Phi) is 6.59. The lowest BCUT2D eigenvalue weighted by molar-refractivity contribution is 0.400. The number of nitrogens with zero attached hydrogens (tertiary/aromatic N) is 4. The van der Waals surface area contributed by atoms with Crippen LogP contribution >= 0.6 is 11.3 Å². The third-order valence-electron chi connectivity index (χ3n) is 5.25. The molecule has 2 aromatic heterocycles. The molecule has 3 aromatic rings. The second-order valence-corrected chi connectivity index (χ2v) is 8.49. The molecule has 0 bridgehead atoms. The topological polar surface area (TPSA) is 81.1 Å². The molecule has 3 N–H and O–H groups in total. The highest BCUT2D eigenvalue weighted by atomic mass is 32.1. The molecule has 7 nitrogen and oxygen atoms in total. The zero-order chi connectivity index (χ0) is 21.8. The van der Waals surface area contributed by atoms with Gasteiger partial charge in [0.15, 0.2) is 0 Å². The van der Waals surface area contributed by atoms with Crippen molar-refractivity contribution in [2.75, 3.05) is 37.6 Å². The lowest BCUT2D eigenvalue weighted by Gasteiger charge is -2.29. The van der Waals surface area contributed by atoms with Crippen LogP contribution in [0.4, 0.5) is 14.5 Å². The van der Waals surface area contributed by atoms with Gasteiger partial charge in [-0.1, -0.05) is 12.1 Å². The molecule has 31 heavy (non-hydrogen) atoms. The first-order valence-corrected chi connectivity index (χ1v) is 10.9. The van der Waals surface area contributed by atoms with Gasteiger partial charge < -0.3 is 16.0 Å². The fourth-order valence-corrected chi connectivity index (χ4v) is 4.54. The molecule has 10 heteroatoms. The van der Waals surface area contributed by atoms with Crippen molar-refractivity contribution in [3.63, 3.8) is 0 Å². The van der Waals surface area contributed by atoms with Crippen LogP contribution in [0.3, 0.4) is 0 Å². The number of halogens is 2. The molecule has 0 saturated carbocycles. The first kappa shape index (κ1) is 21.4. The van der Waals surface area contributed by atoms with Crippen LogP contribution in [0.15, 0.2) is 59.2 Å². The Bertz CT molecular complexity index is 1120. The summed E-state index contributed by atoms with van der Waals surface area (Å²) < 4.78 is 28.1. The van der Waals surface area contributed by atoms with Crippen molar-refractivity contribution in [1.82, 2.24) is 19.7 Å². The van der Waals surface area contributed by atoms with Gasteiger partial charge in [0, 0.05) is 53.7 Å². The number of rotatable bonds is 7. The van der Waals surface area contributed by atoms with Gasteiger partial charge in [-0.2, -0.15) is 13.9 Å². The SMILES string of the molecule is NCC(Cn1ncn(Cc2ccc(-c3cccc(N4CCNCC4)c3)s2)c1=O)=C(F)F. The normalized spacial score (nSPS) is 14.1. The summed E-state index contributed by atoms with van der Waals surface area (Å²) in [5, 5.41) is 7.31.